The molecule has 0 aliphatic rings. The van der Waals surface area contributed by atoms with Gasteiger partial charge in [-0.2, -0.15) is 0 Å². The zero-order chi connectivity index (χ0) is 56.4. The predicted octanol–water partition coefficient (Wildman–Crippen LogP) is 21.7. The average Bonchev–Trinajstić information content (AvgIpc) is 3.44. The highest BCUT2D eigenvalue weighted by Crippen LogP contribution is 2.14. The van der Waals surface area contributed by atoms with E-state index in [1.165, 1.54) is 51.4 Å². The van der Waals surface area contributed by atoms with Crippen molar-refractivity contribution >= 4 is 17.9 Å². The van der Waals surface area contributed by atoms with Crippen molar-refractivity contribution in [3.63, 3.8) is 0 Å². The number of carbonyl (C=O) groups is 3. The molecule has 0 fully saturated rings. The van der Waals surface area contributed by atoms with Gasteiger partial charge in [0.05, 0.1) is 0 Å². The minimum absolute atomic E-state index is 0.107. The molecule has 0 aromatic heterocycles. The van der Waals surface area contributed by atoms with Crippen molar-refractivity contribution in [3.05, 3.63) is 158 Å². The quantitative estimate of drug-likeness (QED) is 0.0261. The van der Waals surface area contributed by atoms with Crippen LogP contribution in [0, 0.1) is 0 Å². The van der Waals surface area contributed by atoms with Gasteiger partial charge in [-0.15, -0.1) is 0 Å². The highest BCUT2D eigenvalue weighted by molar-refractivity contribution is 5.71. The van der Waals surface area contributed by atoms with Gasteiger partial charge in [0.1, 0.15) is 13.2 Å². The summed E-state index contributed by atoms with van der Waals surface area (Å²) in [4.78, 5) is 38.3. The second-order valence-corrected chi connectivity index (χ2v) is 20.2. The Bertz CT molecular complexity index is 1760. The van der Waals surface area contributed by atoms with Gasteiger partial charge < -0.3 is 14.2 Å². The summed E-state index contributed by atoms with van der Waals surface area (Å²) in [7, 11) is 0. The summed E-state index contributed by atoms with van der Waals surface area (Å²) < 4.78 is 16.9. The Labute approximate surface area is 480 Å². The number of unbranched alkanes of at least 4 members (excludes halogenated alkanes) is 18. The normalized spacial score (nSPS) is 13.2. The van der Waals surface area contributed by atoms with Crippen molar-refractivity contribution in [2.45, 2.75) is 264 Å². The molecule has 0 bridgehead atoms. The summed E-state index contributed by atoms with van der Waals surface area (Å²) in [6, 6.07) is 0. The zero-order valence-corrected chi connectivity index (χ0v) is 50.1. The number of esters is 3. The van der Waals surface area contributed by atoms with Crippen LogP contribution in [-0.2, 0) is 28.6 Å². The topological polar surface area (TPSA) is 78.9 Å². The molecule has 1 atom stereocenters. The van der Waals surface area contributed by atoms with Gasteiger partial charge in [0.2, 0.25) is 0 Å². The number of hydrogen-bond donors (Lipinski definition) is 0. The number of hydrogen-bond acceptors (Lipinski definition) is 6. The van der Waals surface area contributed by atoms with E-state index in [4.69, 9.17) is 14.2 Å². The van der Waals surface area contributed by atoms with Crippen molar-refractivity contribution < 1.29 is 28.6 Å². The van der Waals surface area contributed by atoms with Crippen molar-refractivity contribution in [1.82, 2.24) is 0 Å². The Morgan fingerprint density at radius 1 is 0.269 bits per heavy atom. The Balaban J connectivity index is 4.44. The first-order chi connectivity index (χ1) is 38.5. The molecular formula is C72H114O6. The Kier molecular flexibility index (Phi) is 60.4. The van der Waals surface area contributed by atoms with Gasteiger partial charge in [-0.3, -0.25) is 14.4 Å². The van der Waals surface area contributed by atoms with Gasteiger partial charge in [0.25, 0.3) is 0 Å². The van der Waals surface area contributed by atoms with Crippen LogP contribution in [0.25, 0.3) is 0 Å². The molecule has 0 radical (unpaired) electrons. The largest absolute Gasteiger partial charge is 0.462 e. The molecule has 0 spiro atoms. The molecule has 0 rings (SSSR count). The minimum atomic E-state index is -0.814. The molecule has 78 heavy (non-hydrogen) atoms. The first-order valence-electron chi connectivity index (χ1n) is 31.5. The molecule has 438 valence electrons. The van der Waals surface area contributed by atoms with E-state index in [0.29, 0.717) is 19.3 Å². The summed E-state index contributed by atoms with van der Waals surface area (Å²) in [6.45, 7) is 6.32. The molecule has 0 heterocycles. The van der Waals surface area contributed by atoms with Crippen molar-refractivity contribution in [2.24, 2.45) is 0 Å². The Morgan fingerprint density at radius 2 is 0.500 bits per heavy atom. The van der Waals surface area contributed by atoms with Crippen LogP contribution in [0.4, 0.5) is 0 Å². The molecule has 0 aromatic rings. The van der Waals surface area contributed by atoms with E-state index in [0.717, 1.165) is 161 Å². The standard InChI is InChI=1S/C72H114O6/c1-4-7-10-13-16-19-22-25-28-30-32-33-34-35-36-37-38-39-41-42-44-47-50-53-56-59-62-65-71(74)77-68-69(67-76-70(73)64-61-58-55-52-49-46-27-24-21-18-15-12-9-6-3)78-72(75)66-63-60-57-54-51-48-45-43-40-31-29-26-23-20-17-14-11-8-5-2/h7-8,10-11,15-20,24-29,32-33,35-36,38-40,43,48,51,69H,4-6,9,12-14,21-23,30-31,34,37,41-42,44-47,49-50,52-68H2,1-3H3/b10-7-,11-8-,18-15-,19-16-,20-17-,27-24-,28-25-,29-26-,33-32-,36-35-,39-38-,43-40-,51-48-. The van der Waals surface area contributed by atoms with E-state index in [9.17, 15) is 14.4 Å². The lowest BCUT2D eigenvalue weighted by atomic mass is 10.1. The van der Waals surface area contributed by atoms with E-state index in [2.05, 4.69) is 179 Å². The molecule has 0 aliphatic carbocycles. The van der Waals surface area contributed by atoms with Gasteiger partial charge in [-0.25, -0.2) is 0 Å². The smallest absolute Gasteiger partial charge is 0.306 e. The van der Waals surface area contributed by atoms with Gasteiger partial charge in [-0.05, 0) is 141 Å². The Hall–Kier alpha value is -4.97. The van der Waals surface area contributed by atoms with E-state index in [1.54, 1.807) is 0 Å². The number of ether oxygens (including phenoxy) is 3. The first-order valence-corrected chi connectivity index (χ1v) is 31.5. The molecule has 6 nitrogen and oxygen atoms in total. The molecule has 0 aromatic carbocycles. The highest BCUT2D eigenvalue weighted by atomic mass is 16.6. The summed E-state index contributed by atoms with van der Waals surface area (Å²) >= 11 is 0. The lowest BCUT2D eigenvalue weighted by Crippen LogP contribution is -2.30. The van der Waals surface area contributed by atoms with Crippen LogP contribution < -0.4 is 0 Å². The molecule has 1 unspecified atom stereocenters. The van der Waals surface area contributed by atoms with Crippen LogP contribution in [0.5, 0.6) is 0 Å². The average molecular weight is 1080 g/mol. The lowest BCUT2D eigenvalue weighted by Gasteiger charge is -2.18. The Morgan fingerprint density at radius 3 is 0.795 bits per heavy atom. The molecular weight excluding hydrogens is 961 g/mol. The fourth-order valence-corrected chi connectivity index (χ4v) is 8.08. The van der Waals surface area contributed by atoms with E-state index < -0.39 is 6.10 Å². The second kappa shape index (κ2) is 64.6. The molecule has 0 amide bonds. The monoisotopic (exact) mass is 1070 g/mol. The summed E-state index contributed by atoms with van der Waals surface area (Å²) in [5.41, 5.74) is 0. The van der Waals surface area contributed by atoms with Crippen molar-refractivity contribution in [3.8, 4) is 0 Å². The molecule has 0 saturated heterocycles. The van der Waals surface area contributed by atoms with Crippen LogP contribution in [-0.4, -0.2) is 37.2 Å². The van der Waals surface area contributed by atoms with Gasteiger partial charge in [-0.1, -0.05) is 256 Å². The first kappa shape index (κ1) is 73.0. The predicted molar refractivity (Wildman–Crippen MR) is 338 cm³/mol. The highest BCUT2D eigenvalue weighted by Gasteiger charge is 2.19. The zero-order valence-electron chi connectivity index (χ0n) is 50.1. The lowest BCUT2D eigenvalue weighted by molar-refractivity contribution is -0.167. The minimum Gasteiger partial charge on any atom is -0.462 e. The van der Waals surface area contributed by atoms with Crippen LogP contribution in [0.1, 0.15) is 258 Å². The maximum atomic E-state index is 12.9. The third kappa shape index (κ3) is 61.9. The summed E-state index contributed by atoms with van der Waals surface area (Å²) in [5, 5.41) is 0. The molecule has 0 saturated carbocycles. The fraction of sp³-hybridized carbons (Fsp3) is 0.597. The SMILES string of the molecule is CC/C=C\C/C=C\C/C=C\C/C=C\C/C=C\C/C=C\CCCCCCCCCCC(=O)OCC(COC(=O)CCCCCCC/C=C\C/C=C\CCCC)OC(=O)CCCCC/C=C\C/C=C\C/C=C\C/C=C\C/C=C\CC. The maximum Gasteiger partial charge on any atom is 0.306 e. The fourth-order valence-electron chi connectivity index (χ4n) is 8.08. The van der Waals surface area contributed by atoms with Crippen LogP contribution in [0.15, 0.2) is 158 Å². The number of allylic oxidation sites excluding steroid dienone is 26. The van der Waals surface area contributed by atoms with Gasteiger partial charge in [0, 0.05) is 19.3 Å². The van der Waals surface area contributed by atoms with E-state index in [-0.39, 0.29) is 37.5 Å². The molecule has 0 aliphatic heterocycles. The van der Waals surface area contributed by atoms with Crippen molar-refractivity contribution in [2.75, 3.05) is 13.2 Å². The maximum absolute atomic E-state index is 12.9. The van der Waals surface area contributed by atoms with Crippen LogP contribution in [0.2, 0.25) is 0 Å². The third-order valence-electron chi connectivity index (χ3n) is 12.7. The van der Waals surface area contributed by atoms with Gasteiger partial charge >= 0.3 is 17.9 Å². The van der Waals surface area contributed by atoms with Crippen molar-refractivity contribution in [1.29, 1.82) is 0 Å². The van der Waals surface area contributed by atoms with E-state index in [1.807, 2.05) is 0 Å². The second-order valence-electron chi connectivity index (χ2n) is 20.2. The number of carbonyl (C=O) groups excluding carboxylic acids is 3. The summed E-state index contributed by atoms with van der Waals surface area (Å²) in [6.07, 6.45) is 93.8. The summed E-state index contributed by atoms with van der Waals surface area (Å²) in [5.74, 6) is -0.965. The van der Waals surface area contributed by atoms with Crippen LogP contribution >= 0.6 is 0 Å². The van der Waals surface area contributed by atoms with E-state index >= 15 is 0 Å². The molecule has 0 N–H and O–H groups in total. The van der Waals surface area contributed by atoms with Crippen LogP contribution in [0.3, 0.4) is 0 Å². The third-order valence-corrected chi connectivity index (χ3v) is 12.7. The molecule has 6 heteroatoms. The van der Waals surface area contributed by atoms with Gasteiger partial charge in [0.15, 0.2) is 6.10 Å². The number of rotatable bonds is 55.